The van der Waals surface area contributed by atoms with Crippen LogP contribution in [0.25, 0.3) is 0 Å². The molecule has 1 atom stereocenters. The van der Waals surface area contributed by atoms with E-state index in [1.54, 1.807) is 30.3 Å². The number of hydrogen-bond acceptors (Lipinski definition) is 7. The number of carbonyl (C=O) groups excluding carboxylic acids is 2. The number of nitro groups is 1. The number of esters is 1. The average Bonchev–Trinajstić information content (AvgIpc) is 2.79. The lowest BCUT2D eigenvalue weighted by Gasteiger charge is -2.30. The van der Waals surface area contributed by atoms with Gasteiger partial charge in [0.05, 0.1) is 15.9 Å². The molecule has 2 aromatic rings. The van der Waals surface area contributed by atoms with Crippen molar-refractivity contribution in [3.05, 3.63) is 69.2 Å². The van der Waals surface area contributed by atoms with E-state index in [2.05, 4.69) is 0 Å². The summed E-state index contributed by atoms with van der Waals surface area (Å²) in [6.45, 7) is 1.53. The highest BCUT2D eigenvalue weighted by Crippen LogP contribution is 2.31. The Morgan fingerprint density at radius 3 is 2.38 bits per heavy atom. The minimum Gasteiger partial charge on any atom is -0.454 e. The van der Waals surface area contributed by atoms with Gasteiger partial charge in [0.1, 0.15) is 4.90 Å². The molecule has 1 unspecified atom stereocenters. The van der Waals surface area contributed by atoms with Gasteiger partial charge >= 0.3 is 5.97 Å². The summed E-state index contributed by atoms with van der Waals surface area (Å²) < 4.78 is 32.3. The molecule has 9 nitrogen and oxygen atoms in total. The molecule has 11 heteroatoms. The van der Waals surface area contributed by atoms with Crippen molar-refractivity contribution >= 4 is 39.1 Å². The summed E-state index contributed by atoms with van der Waals surface area (Å²) in [7, 11) is -4.08. The van der Waals surface area contributed by atoms with Crippen LogP contribution in [-0.2, 0) is 19.6 Å². The summed E-state index contributed by atoms with van der Waals surface area (Å²) in [5.41, 5.74) is 0.0473. The third kappa shape index (κ3) is 5.14. The fraction of sp³-hybridized carbons (Fsp3) is 0.333. The third-order valence-electron chi connectivity index (χ3n) is 5.25. The monoisotopic (exact) mass is 480 g/mol. The van der Waals surface area contributed by atoms with E-state index in [1.165, 1.54) is 13.0 Å². The van der Waals surface area contributed by atoms with Crippen LogP contribution < -0.4 is 0 Å². The number of carbonyl (C=O) groups is 2. The van der Waals surface area contributed by atoms with E-state index >= 15 is 0 Å². The Hall–Kier alpha value is -2.82. The van der Waals surface area contributed by atoms with Crippen molar-refractivity contribution in [2.75, 3.05) is 13.1 Å². The van der Waals surface area contributed by atoms with Gasteiger partial charge in [-0.1, -0.05) is 41.9 Å². The van der Waals surface area contributed by atoms with Crippen LogP contribution in [0, 0.1) is 16.0 Å². The highest BCUT2D eigenvalue weighted by molar-refractivity contribution is 7.89. The Kier molecular flexibility index (Phi) is 7.27. The number of ketones is 1. The minimum absolute atomic E-state index is 0.0160. The van der Waals surface area contributed by atoms with Crippen LogP contribution in [-0.4, -0.2) is 48.6 Å². The minimum atomic E-state index is -4.08. The van der Waals surface area contributed by atoms with Crippen LogP contribution in [0.1, 0.15) is 30.1 Å². The third-order valence-corrected chi connectivity index (χ3v) is 7.63. The van der Waals surface area contributed by atoms with Crippen molar-refractivity contribution in [3.63, 3.8) is 0 Å². The molecule has 1 aliphatic rings. The Morgan fingerprint density at radius 1 is 1.16 bits per heavy atom. The number of hydrogen-bond donors (Lipinski definition) is 0. The molecule has 0 spiro atoms. The first-order chi connectivity index (χ1) is 15.1. The van der Waals surface area contributed by atoms with Gasteiger partial charge in [-0.25, -0.2) is 8.42 Å². The Bertz CT molecular complexity index is 1130. The van der Waals surface area contributed by atoms with Gasteiger partial charge in [-0.2, -0.15) is 4.31 Å². The lowest BCUT2D eigenvalue weighted by atomic mass is 9.98. The molecule has 1 saturated heterocycles. The molecule has 170 valence electrons. The molecule has 1 heterocycles. The predicted molar refractivity (Wildman–Crippen MR) is 116 cm³/mol. The second-order valence-corrected chi connectivity index (χ2v) is 9.67. The zero-order valence-electron chi connectivity index (χ0n) is 17.1. The van der Waals surface area contributed by atoms with Gasteiger partial charge in [0.2, 0.25) is 15.8 Å². The molecule has 1 aliphatic heterocycles. The highest BCUT2D eigenvalue weighted by atomic mass is 35.5. The normalized spacial score (nSPS) is 16.3. The van der Waals surface area contributed by atoms with Crippen LogP contribution in [0.3, 0.4) is 0 Å². The quantitative estimate of drug-likeness (QED) is 0.257. The van der Waals surface area contributed by atoms with Crippen molar-refractivity contribution in [1.82, 2.24) is 4.31 Å². The number of benzene rings is 2. The number of piperidine rings is 1. The van der Waals surface area contributed by atoms with Gasteiger partial charge in [-0.15, -0.1) is 0 Å². The van der Waals surface area contributed by atoms with Crippen LogP contribution >= 0.6 is 11.6 Å². The van der Waals surface area contributed by atoms with Gasteiger partial charge in [-0.3, -0.25) is 19.7 Å². The van der Waals surface area contributed by atoms with E-state index in [-0.39, 0.29) is 47.3 Å². The SMILES string of the molecule is CC(OC(=O)C1CCN(S(=O)(=O)c2cc([N+](=O)[O-])ccc2Cl)CC1)C(=O)c1ccccc1. The maximum atomic E-state index is 12.9. The summed E-state index contributed by atoms with van der Waals surface area (Å²) >= 11 is 5.99. The van der Waals surface area contributed by atoms with Crippen LogP contribution in [0.2, 0.25) is 5.02 Å². The van der Waals surface area contributed by atoms with Crippen molar-refractivity contribution in [2.24, 2.45) is 5.92 Å². The topological polar surface area (TPSA) is 124 Å². The van der Waals surface area contributed by atoms with E-state index < -0.39 is 32.9 Å². The highest BCUT2D eigenvalue weighted by Gasteiger charge is 2.35. The Labute approximate surface area is 190 Å². The molecule has 0 radical (unpaired) electrons. The summed E-state index contributed by atoms with van der Waals surface area (Å²) in [6.07, 6.45) is -0.580. The summed E-state index contributed by atoms with van der Waals surface area (Å²) in [5, 5.41) is 10.9. The molecule has 2 aromatic carbocycles. The molecule has 3 rings (SSSR count). The van der Waals surface area contributed by atoms with E-state index in [4.69, 9.17) is 16.3 Å². The average molecular weight is 481 g/mol. The van der Waals surface area contributed by atoms with Crippen molar-refractivity contribution < 1.29 is 27.7 Å². The number of Topliss-reactive ketones (excluding diaryl/α,β-unsaturated/α-hetero) is 1. The lowest BCUT2D eigenvalue weighted by molar-refractivity contribution is -0.385. The zero-order chi connectivity index (χ0) is 23.5. The molecule has 0 amide bonds. The maximum Gasteiger partial charge on any atom is 0.309 e. The van der Waals surface area contributed by atoms with E-state index in [0.717, 1.165) is 16.4 Å². The fourth-order valence-electron chi connectivity index (χ4n) is 3.44. The fourth-order valence-corrected chi connectivity index (χ4v) is 5.40. The number of nitro benzene ring substituents is 1. The first-order valence-corrected chi connectivity index (χ1v) is 11.7. The first-order valence-electron chi connectivity index (χ1n) is 9.85. The Morgan fingerprint density at radius 2 is 1.78 bits per heavy atom. The smallest absolute Gasteiger partial charge is 0.309 e. The number of non-ortho nitro benzene ring substituents is 1. The molecule has 0 aliphatic carbocycles. The van der Waals surface area contributed by atoms with Gasteiger partial charge in [0.25, 0.3) is 5.69 Å². The lowest BCUT2D eigenvalue weighted by Crippen LogP contribution is -2.41. The molecule has 32 heavy (non-hydrogen) atoms. The molecular weight excluding hydrogens is 460 g/mol. The Balaban J connectivity index is 1.63. The number of nitrogens with zero attached hydrogens (tertiary/aromatic N) is 2. The number of sulfonamides is 1. The van der Waals surface area contributed by atoms with E-state index in [9.17, 15) is 28.1 Å². The van der Waals surface area contributed by atoms with Crippen molar-refractivity contribution in [1.29, 1.82) is 0 Å². The number of ether oxygens (including phenoxy) is 1. The van der Waals surface area contributed by atoms with E-state index in [0.29, 0.717) is 5.56 Å². The number of halogens is 1. The van der Waals surface area contributed by atoms with Crippen LogP contribution in [0.4, 0.5) is 5.69 Å². The molecule has 0 bridgehead atoms. The standard InChI is InChI=1S/C21H21ClN2O7S/c1-14(20(25)15-5-3-2-4-6-15)31-21(26)16-9-11-23(12-10-16)32(29,30)19-13-17(24(27)28)7-8-18(19)22/h2-8,13-14,16H,9-12H2,1H3. The summed E-state index contributed by atoms with van der Waals surface area (Å²) in [5.74, 6) is -1.44. The van der Waals surface area contributed by atoms with Crippen molar-refractivity contribution in [2.45, 2.75) is 30.8 Å². The molecule has 1 fully saturated rings. The summed E-state index contributed by atoms with van der Waals surface area (Å²) in [4.78, 5) is 34.8. The molecule has 0 saturated carbocycles. The van der Waals surface area contributed by atoms with Gasteiger partial charge in [0.15, 0.2) is 6.10 Å². The van der Waals surface area contributed by atoms with Gasteiger partial charge < -0.3 is 4.74 Å². The van der Waals surface area contributed by atoms with Crippen molar-refractivity contribution in [3.8, 4) is 0 Å². The second-order valence-electron chi connectivity index (χ2n) is 7.36. The van der Waals surface area contributed by atoms with Crippen LogP contribution in [0.15, 0.2) is 53.4 Å². The molecule has 0 aromatic heterocycles. The second kappa shape index (κ2) is 9.76. The first kappa shape index (κ1) is 23.8. The van der Waals surface area contributed by atoms with E-state index in [1.807, 2.05) is 0 Å². The maximum absolute atomic E-state index is 12.9. The zero-order valence-corrected chi connectivity index (χ0v) is 18.7. The number of rotatable bonds is 7. The molecule has 0 N–H and O–H groups in total. The van der Waals surface area contributed by atoms with Gasteiger partial charge in [-0.05, 0) is 25.8 Å². The predicted octanol–water partition coefficient (Wildman–Crippen LogP) is 3.46. The molecular formula is C21H21ClN2O7S. The largest absolute Gasteiger partial charge is 0.454 e. The van der Waals surface area contributed by atoms with Gasteiger partial charge in [0, 0.05) is 30.8 Å². The summed E-state index contributed by atoms with van der Waals surface area (Å²) in [6, 6.07) is 11.7. The van der Waals surface area contributed by atoms with Crippen LogP contribution in [0.5, 0.6) is 0 Å².